The fourth-order valence-corrected chi connectivity index (χ4v) is 0.427. The van der Waals surface area contributed by atoms with Crippen molar-refractivity contribution in [2.45, 2.75) is 0 Å². The van der Waals surface area contributed by atoms with Crippen LogP contribution in [0.4, 0.5) is 17.8 Å². The van der Waals surface area contributed by atoms with E-state index in [1.54, 1.807) is 0 Å². The summed E-state index contributed by atoms with van der Waals surface area (Å²) in [4.78, 5) is 18.5. The molecular formula is C4H10N6O4S. The summed E-state index contributed by atoms with van der Waals surface area (Å²) in [7, 11) is 0. The monoisotopic (exact) mass is 238 g/mol. The smallest absolute Gasteiger partial charge is 0.299 e. The van der Waals surface area contributed by atoms with Crippen molar-refractivity contribution in [2.75, 3.05) is 17.2 Å². The van der Waals surface area contributed by atoms with Crippen molar-refractivity contribution in [1.82, 2.24) is 15.0 Å². The molecule has 1 heterocycles. The van der Waals surface area contributed by atoms with Crippen molar-refractivity contribution in [2.24, 2.45) is 0 Å². The van der Waals surface area contributed by atoms with Gasteiger partial charge in [0.1, 0.15) is 6.79 Å². The number of hydrogen-bond donors (Lipinski definition) is 5. The average Bonchev–Trinajstić information content (AvgIpc) is 2.03. The molecule has 0 saturated heterocycles. The van der Waals surface area contributed by atoms with Gasteiger partial charge in [0.2, 0.25) is 17.8 Å². The highest BCUT2D eigenvalue weighted by atomic mass is 32.2. The zero-order chi connectivity index (χ0) is 12.4. The van der Waals surface area contributed by atoms with Crippen LogP contribution >= 0.6 is 0 Å². The highest BCUT2D eigenvalue weighted by molar-refractivity contribution is 7.73. The third kappa shape index (κ3) is 12.1. The molecule has 10 nitrogen and oxygen atoms in total. The average molecular weight is 238 g/mol. The van der Waals surface area contributed by atoms with Gasteiger partial charge in [-0.1, -0.05) is 0 Å². The predicted molar refractivity (Wildman–Crippen MR) is 53.6 cm³/mol. The minimum absolute atomic E-state index is 0.0417. The molecule has 0 fully saturated rings. The molecule has 8 N–H and O–H groups in total. The summed E-state index contributed by atoms with van der Waals surface area (Å²) in [6, 6.07) is 0. The minimum atomic E-state index is -2.61. The van der Waals surface area contributed by atoms with Crippen molar-refractivity contribution in [1.29, 1.82) is 0 Å². The number of carbonyl (C=O) groups excluding carboxylic acids is 1. The van der Waals surface area contributed by atoms with Gasteiger partial charge in [0.05, 0.1) is 0 Å². The second-order valence-corrected chi connectivity index (χ2v) is 2.10. The fourth-order valence-electron chi connectivity index (χ4n) is 0.427. The maximum Gasteiger partial charge on any atom is 0.299 e. The van der Waals surface area contributed by atoms with Crippen LogP contribution in [0, 0.1) is 0 Å². The highest BCUT2D eigenvalue weighted by Gasteiger charge is 1.93. The van der Waals surface area contributed by atoms with Crippen molar-refractivity contribution < 1.29 is 18.1 Å². The second-order valence-electron chi connectivity index (χ2n) is 1.64. The van der Waals surface area contributed by atoms with Gasteiger partial charge in [-0.25, -0.2) is 0 Å². The molecule has 15 heavy (non-hydrogen) atoms. The highest BCUT2D eigenvalue weighted by Crippen LogP contribution is 1.97. The maximum atomic E-state index is 8.67. The summed E-state index contributed by atoms with van der Waals surface area (Å²) in [6.07, 6.45) is 0. The van der Waals surface area contributed by atoms with Crippen LogP contribution in [0.15, 0.2) is 0 Å². The number of hydrogen-bond acceptors (Lipinski definition) is 8. The lowest BCUT2D eigenvalue weighted by molar-refractivity contribution is -0.0979. The first kappa shape index (κ1) is 15.6. The number of nitrogen functional groups attached to an aromatic ring is 3. The van der Waals surface area contributed by atoms with Crippen molar-refractivity contribution >= 4 is 36.0 Å². The Bertz CT molecular complexity index is 268. The Morgan fingerprint density at radius 2 is 1.07 bits per heavy atom. The lowest BCUT2D eigenvalue weighted by Crippen LogP contribution is -2.05. The lowest BCUT2D eigenvalue weighted by atomic mass is 10.9. The molecule has 1 aromatic rings. The number of carbonyl (C=O) groups is 1. The van der Waals surface area contributed by atoms with Gasteiger partial charge in [-0.2, -0.15) is 19.2 Å². The van der Waals surface area contributed by atoms with Gasteiger partial charge in [-0.05, 0) is 0 Å². The van der Waals surface area contributed by atoms with Gasteiger partial charge in [-0.3, -0.25) is 9.11 Å². The van der Waals surface area contributed by atoms with Gasteiger partial charge < -0.3 is 22.0 Å². The molecule has 0 aromatic carbocycles. The van der Waals surface area contributed by atoms with Gasteiger partial charge in [0.25, 0.3) is 11.4 Å². The zero-order valence-corrected chi connectivity index (χ0v) is 8.22. The molecule has 0 radical (unpaired) electrons. The van der Waals surface area contributed by atoms with E-state index in [9.17, 15) is 0 Å². The Hall–Kier alpha value is -1.85. The van der Waals surface area contributed by atoms with Gasteiger partial charge in [0.15, 0.2) is 0 Å². The van der Waals surface area contributed by atoms with E-state index in [0.29, 0.717) is 0 Å². The number of aromatic nitrogens is 3. The molecule has 0 saturated carbocycles. The van der Waals surface area contributed by atoms with E-state index in [1.165, 1.54) is 0 Å². The number of nitrogens with zero attached hydrogens (tertiary/aromatic N) is 3. The molecule has 0 aliphatic heterocycles. The van der Waals surface area contributed by atoms with Crippen LogP contribution < -0.4 is 17.2 Å². The Balaban J connectivity index is 0. The normalized spacial score (nSPS) is 8.20. The fraction of sp³-hybridized carbons (Fsp3) is 0. The predicted octanol–water partition coefficient (Wildman–Crippen LogP) is -1.89. The number of nitrogens with two attached hydrogens (primary N) is 3. The molecule has 1 rings (SSSR count). The summed E-state index contributed by atoms with van der Waals surface area (Å²) in [5.74, 6) is 0.125. The maximum absolute atomic E-state index is 8.67. The van der Waals surface area contributed by atoms with Gasteiger partial charge in [-0.15, -0.1) is 0 Å². The van der Waals surface area contributed by atoms with Crippen LogP contribution in [0.25, 0.3) is 0 Å². The molecule has 0 atom stereocenters. The molecule has 0 bridgehead atoms. The summed E-state index contributed by atoms with van der Waals surface area (Å²) in [6.45, 7) is 2.00. The van der Waals surface area contributed by atoms with E-state index in [1.807, 2.05) is 6.79 Å². The van der Waals surface area contributed by atoms with E-state index in [-0.39, 0.29) is 17.8 Å². The first-order chi connectivity index (χ1) is 6.91. The Kier molecular flexibility index (Phi) is 9.09. The minimum Gasteiger partial charge on any atom is -0.368 e. The molecular weight excluding hydrogens is 228 g/mol. The van der Waals surface area contributed by atoms with Crippen LogP contribution in [0.2, 0.25) is 0 Å². The molecule has 0 spiro atoms. The molecule has 0 aliphatic carbocycles. The number of anilines is 3. The van der Waals surface area contributed by atoms with E-state index in [0.717, 1.165) is 0 Å². The summed E-state index contributed by atoms with van der Waals surface area (Å²) >= 11 is -2.61. The Labute approximate surface area is 87.0 Å². The molecule has 0 unspecified atom stereocenters. The lowest BCUT2D eigenvalue weighted by Gasteiger charge is -1.93. The Morgan fingerprint density at radius 3 is 1.20 bits per heavy atom. The zero-order valence-electron chi connectivity index (χ0n) is 7.40. The van der Waals surface area contributed by atoms with Crippen molar-refractivity contribution in [3.63, 3.8) is 0 Å². The molecule has 1 aromatic heterocycles. The van der Waals surface area contributed by atoms with E-state index >= 15 is 0 Å². The van der Waals surface area contributed by atoms with E-state index in [2.05, 4.69) is 15.0 Å². The molecule has 11 heteroatoms. The molecule has 0 aliphatic rings. The number of rotatable bonds is 0. The van der Waals surface area contributed by atoms with Crippen LogP contribution in [-0.4, -0.2) is 35.1 Å². The van der Waals surface area contributed by atoms with Crippen molar-refractivity contribution in [3.8, 4) is 0 Å². The van der Waals surface area contributed by atoms with Crippen LogP contribution in [0.5, 0.6) is 0 Å². The Morgan fingerprint density at radius 1 is 0.933 bits per heavy atom. The van der Waals surface area contributed by atoms with Gasteiger partial charge >= 0.3 is 0 Å². The van der Waals surface area contributed by atoms with E-state index in [4.69, 9.17) is 35.3 Å². The third-order valence-electron chi connectivity index (χ3n) is 0.687. The largest absolute Gasteiger partial charge is 0.368 e. The summed E-state index contributed by atoms with van der Waals surface area (Å²) in [5.41, 5.74) is 15.4. The standard InChI is InChI=1S/C3H6N6.CH2O.H2O3S/c4-1-7-2(5)9-3(6)8-1;1-2;1-4(2)3/h(H6,4,5,6,7,8,9);1H2;(H2,1,2,3). The first-order valence-electron chi connectivity index (χ1n) is 3.03. The van der Waals surface area contributed by atoms with Crippen molar-refractivity contribution in [3.05, 3.63) is 0 Å². The van der Waals surface area contributed by atoms with Crippen LogP contribution in [0.1, 0.15) is 0 Å². The first-order valence-corrected chi connectivity index (χ1v) is 4.09. The second kappa shape index (κ2) is 8.74. The molecule has 86 valence electrons. The van der Waals surface area contributed by atoms with Crippen LogP contribution in [0.3, 0.4) is 0 Å². The summed E-state index contributed by atoms with van der Waals surface area (Å²) in [5, 5.41) is 0. The topological polar surface area (TPSA) is 191 Å². The van der Waals surface area contributed by atoms with E-state index < -0.39 is 11.4 Å². The van der Waals surface area contributed by atoms with Crippen LogP contribution in [-0.2, 0) is 16.2 Å². The molecule has 0 amide bonds. The quantitative estimate of drug-likeness (QED) is 0.319. The third-order valence-corrected chi connectivity index (χ3v) is 0.687. The summed E-state index contributed by atoms with van der Waals surface area (Å²) < 4.78 is 22.8. The SMILES string of the molecule is C=O.Nc1nc(N)nc(N)n1.O=S(O)O. The van der Waals surface area contributed by atoms with Gasteiger partial charge in [0, 0.05) is 0 Å².